The lowest BCUT2D eigenvalue weighted by Crippen LogP contribution is -2.12. The lowest BCUT2D eigenvalue weighted by atomic mass is 9.96. The van der Waals surface area contributed by atoms with Gasteiger partial charge in [-0.25, -0.2) is 0 Å². The van der Waals surface area contributed by atoms with Gasteiger partial charge >= 0.3 is 0 Å². The molecule has 0 bridgehead atoms. The van der Waals surface area contributed by atoms with Gasteiger partial charge in [0.2, 0.25) is 0 Å². The molecule has 2 nitrogen and oxygen atoms in total. The lowest BCUT2D eigenvalue weighted by molar-refractivity contribution is 0.632. The van der Waals surface area contributed by atoms with Gasteiger partial charge in [0.15, 0.2) is 0 Å². The number of hydrogen-bond acceptors (Lipinski definition) is 2. The summed E-state index contributed by atoms with van der Waals surface area (Å²) in [6, 6.07) is 66.8. The van der Waals surface area contributed by atoms with Crippen LogP contribution in [0.1, 0.15) is 0 Å². The van der Waals surface area contributed by atoms with Crippen molar-refractivity contribution in [2.75, 3.05) is 4.90 Å². The average molecular weight is 614 g/mol. The molecule has 0 radical (unpaired) electrons. The summed E-state index contributed by atoms with van der Waals surface area (Å²) in [5.74, 6) is 0.855. The Labute approximate surface area is 279 Å². The van der Waals surface area contributed by atoms with E-state index in [9.17, 15) is 0 Å². The second-order valence-corrected chi connectivity index (χ2v) is 12.1. The van der Waals surface area contributed by atoms with Crippen LogP contribution in [0.5, 0.6) is 0 Å². The van der Waals surface area contributed by atoms with Crippen molar-refractivity contribution in [2.45, 2.75) is 0 Å². The zero-order valence-electron chi connectivity index (χ0n) is 26.3. The maximum Gasteiger partial charge on any atom is 0.145 e. The highest BCUT2D eigenvalue weighted by molar-refractivity contribution is 6.06. The Morgan fingerprint density at radius 3 is 1.79 bits per heavy atom. The Morgan fingerprint density at radius 1 is 0.375 bits per heavy atom. The van der Waals surface area contributed by atoms with E-state index in [2.05, 4.69) is 187 Å². The van der Waals surface area contributed by atoms with Crippen molar-refractivity contribution in [2.24, 2.45) is 0 Å². The normalized spacial score (nSPS) is 11.3. The molecule has 0 aliphatic carbocycles. The van der Waals surface area contributed by atoms with Crippen LogP contribution in [0.3, 0.4) is 0 Å². The molecule has 1 aromatic heterocycles. The number of benzene rings is 8. The summed E-state index contributed by atoms with van der Waals surface area (Å²) >= 11 is 0. The van der Waals surface area contributed by atoms with Crippen molar-refractivity contribution >= 4 is 49.6 Å². The number of rotatable bonds is 6. The molecule has 2 heteroatoms. The van der Waals surface area contributed by atoms with Crippen LogP contribution >= 0.6 is 0 Å². The minimum Gasteiger partial charge on any atom is -0.455 e. The van der Waals surface area contributed by atoms with Crippen LogP contribution in [0.4, 0.5) is 17.1 Å². The van der Waals surface area contributed by atoms with Gasteiger partial charge < -0.3 is 9.32 Å². The number of anilines is 3. The third kappa shape index (κ3) is 4.74. The standard InChI is InChI=1S/C46H31NO/c1-2-17-34(18-3-1)45-41-26-9-11-30-44(41)48-46(45)40-25-8-10-28-43(40)47(42-29-14-20-33-16-5-7-24-39(33)42)36-22-12-21-35(31-36)38-27-13-19-32-15-4-6-23-37(32)38/h1-31H. The van der Waals surface area contributed by atoms with Gasteiger partial charge in [0.1, 0.15) is 11.3 Å². The molecule has 0 spiro atoms. The monoisotopic (exact) mass is 613 g/mol. The summed E-state index contributed by atoms with van der Waals surface area (Å²) in [6.45, 7) is 0. The SMILES string of the molecule is c1ccc(-c2c(-c3ccccc3N(c3cccc(-c4cccc5ccccc45)c3)c3cccc4ccccc34)oc3ccccc23)cc1. The van der Waals surface area contributed by atoms with Crippen LogP contribution in [0, 0.1) is 0 Å². The molecule has 9 aromatic rings. The highest BCUT2D eigenvalue weighted by atomic mass is 16.3. The van der Waals surface area contributed by atoms with Gasteiger partial charge in [-0.05, 0) is 69.2 Å². The van der Waals surface area contributed by atoms with Gasteiger partial charge in [0.25, 0.3) is 0 Å². The fraction of sp³-hybridized carbons (Fsp3) is 0. The van der Waals surface area contributed by atoms with Gasteiger partial charge in [-0.15, -0.1) is 0 Å². The summed E-state index contributed by atoms with van der Waals surface area (Å²) in [4.78, 5) is 2.40. The zero-order valence-corrected chi connectivity index (χ0v) is 26.3. The Balaban J connectivity index is 1.32. The zero-order chi connectivity index (χ0) is 31.9. The molecule has 0 atom stereocenters. The lowest BCUT2D eigenvalue weighted by Gasteiger charge is -2.29. The van der Waals surface area contributed by atoms with E-state index in [0.717, 1.165) is 50.5 Å². The summed E-state index contributed by atoms with van der Waals surface area (Å²) in [7, 11) is 0. The topological polar surface area (TPSA) is 16.4 Å². The first-order chi connectivity index (χ1) is 23.8. The Morgan fingerprint density at radius 2 is 0.938 bits per heavy atom. The van der Waals surface area contributed by atoms with Crippen LogP contribution in [0.2, 0.25) is 0 Å². The smallest absolute Gasteiger partial charge is 0.145 e. The fourth-order valence-corrected chi connectivity index (χ4v) is 7.09. The van der Waals surface area contributed by atoms with Crippen molar-refractivity contribution < 1.29 is 4.42 Å². The number of fused-ring (bicyclic) bond motifs is 3. The maximum atomic E-state index is 6.80. The van der Waals surface area contributed by atoms with Crippen LogP contribution < -0.4 is 4.90 Å². The van der Waals surface area contributed by atoms with Gasteiger partial charge in [0.05, 0.1) is 11.4 Å². The summed E-state index contributed by atoms with van der Waals surface area (Å²) in [6.07, 6.45) is 0. The maximum absolute atomic E-state index is 6.80. The summed E-state index contributed by atoms with van der Waals surface area (Å²) in [5, 5.41) is 5.94. The van der Waals surface area contributed by atoms with Gasteiger partial charge in [-0.3, -0.25) is 0 Å². The molecule has 0 saturated carbocycles. The minimum atomic E-state index is 0.855. The molecule has 0 aliphatic heterocycles. The Hall–Kier alpha value is -6.38. The molecule has 0 fully saturated rings. The van der Waals surface area contributed by atoms with Crippen molar-refractivity contribution in [3.8, 4) is 33.6 Å². The molecule has 0 unspecified atom stereocenters. The molecule has 226 valence electrons. The molecule has 0 amide bonds. The van der Waals surface area contributed by atoms with E-state index >= 15 is 0 Å². The minimum absolute atomic E-state index is 0.855. The molecule has 1 heterocycles. The van der Waals surface area contributed by atoms with Crippen LogP contribution in [-0.2, 0) is 0 Å². The quantitative estimate of drug-likeness (QED) is 0.185. The van der Waals surface area contributed by atoms with Crippen molar-refractivity contribution in [3.05, 3.63) is 188 Å². The number of nitrogens with zero attached hydrogens (tertiary/aromatic N) is 1. The van der Waals surface area contributed by atoms with Gasteiger partial charge in [-0.1, -0.05) is 152 Å². The van der Waals surface area contributed by atoms with Crippen molar-refractivity contribution in [1.29, 1.82) is 0 Å². The number of para-hydroxylation sites is 2. The highest BCUT2D eigenvalue weighted by Gasteiger charge is 2.24. The third-order valence-electron chi connectivity index (χ3n) is 9.26. The summed E-state index contributed by atoms with van der Waals surface area (Å²) in [5.41, 5.74) is 9.72. The van der Waals surface area contributed by atoms with E-state index in [0.29, 0.717) is 0 Å². The fourth-order valence-electron chi connectivity index (χ4n) is 7.09. The molecule has 0 aliphatic rings. The first-order valence-electron chi connectivity index (χ1n) is 16.4. The number of furan rings is 1. The Kier molecular flexibility index (Phi) is 6.84. The van der Waals surface area contributed by atoms with Crippen LogP contribution in [-0.4, -0.2) is 0 Å². The van der Waals surface area contributed by atoms with E-state index in [4.69, 9.17) is 4.42 Å². The Bertz CT molecular complexity index is 2570. The summed E-state index contributed by atoms with van der Waals surface area (Å²) < 4.78 is 6.80. The van der Waals surface area contributed by atoms with E-state index in [1.54, 1.807) is 0 Å². The van der Waals surface area contributed by atoms with E-state index < -0.39 is 0 Å². The third-order valence-corrected chi connectivity index (χ3v) is 9.26. The van der Waals surface area contributed by atoms with Crippen LogP contribution in [0.25, 0.3) is 66.1 Å². The first kappa shape index (κ1) is 27.9. The molecule has 9 rings (SSSR count). The predicted molar refractivity (Wildman–Crippen MR) is 202 cm³/mol. The highest BCUT2D eigenvalue weighted by Crippen LogP contribution is 2.48. The van der Waals surface area contributed by atoms with Crippen LogP contribution in [0.15, 0.2) is 192 Å². The molecular formula is C46H31NO. The number of hydrogen-bond donors (Lipinski definition) is 0. The van der Waals surface area contributed by atoms with E-state index in [1.807, 2.05) is 6.07 Å². The predicted octanol–water partition coefficient (Wildman–Crippen LogP) is 13.2. The molecular weight excluding hydrogens is 583 g/mol. The molecule has 0 saturated heterocycles. The van der Waals surface area contributed by atoms with E-state index in [-0.39, 0.29) is 0 Å². The van der Waals surface area contributed by atoms with E-state index in [1.165, 1.54) is 32.7 Å². The first-order valence-corrected chi connectivity index (χ1v) is 16.4. The van der Waals surface area contributed by atoms with Crippen molar-refractivity contribution in [3.63, 3.8) is 0 Å². The van der Waals surface area contributed by atoms with Gasteiger partial charge in [-0.2, -0.15) is 0 Å². The largest absolute Gasteiger partial charge is 0.455 e. The average Bonchev–Trinajstić information content (AvgIpc) is 3.55. The molecule has 8 aromatic carbocycles. The van der Waals surface area contributed by atoms with Gasteiger partial charge in [0, 0.05) is 27.6 Å². The molecule has 0 N–H and O–H groups in total. The molecule has 48 heavy (non-hydrogen) atoms. The second kappa shape index (κ2) is 11.8. The van der Waals surface area contributed by atoms with Crippen molar-refractivity contribution in [1.82, 2.24) is 0 Å². The second-order valence-electron chi connectivity index (χ2n) is 12.1.